The molecule has 0 aliphatic carbocycles. The van der Waals surface area contributed by atoms with Gasteiger partial charge in [0, 0.05) is 7.05 Å². The van der Waals surface area contributed by atoms with E-state index >= 15 is 0 Å². The maximum Gasteiger partial charge on any atom is 0.416 e. The molecule has 0 aliphatic rings. The Labute approximate surface area is 112 Å². The molecule has 0 saturated carbocycles. The molecule has 1 aromatic carbocycles. The Morgan fingerprint density at radius 2 is 2.11 bits per heavy atom. The van der Waals surface area contributed by atoms with Crippen molar-refractivity contribution in [1.29, 1.82) is 0 Å². The fraction of sp³-hybridized carbons (Fsp3) is 0.273. The molecule has 0 saturated heterocycles. The van der Waals surface area contributed by atoms with Crippen LogP contribution >= 0.6 is 11.6 Å². The monoisotopic (exact) mass is 290 g/mol. The topological polar surface area (TPSA) is 42.7 Å². The summed E-state index contributed by atoms with van der Waals surface area (Å²) in [5, 5.41) is 10.4. The first-order valence-electron chi connectivity index (χ1n) is 5.32. The maximum atomic E-state index is 12.5. The number of aryl methyl sites for hydroxylation is 1. The third kappa shape index (κ3) is 3.17. The van der Waals surface area contributed by atoms with Gasteiger partial charge in [-0.15, -0.1) is 5.10 Å². The number of aromatic nitrogens is 3. The molecule has 4 nitrogen and oxygen atoms in total. The number of alkyl halides is 3. The number of nitrogens with one attached hydrogen (secondary N) is 1. The zero-order valence-electron chi connectivity index (χ0n) is 9.87. The predicted octanol–water partition coefficient (Wildman–Crippen LogP) is 3.10. The smallest absolute Gasteiger partial charge is 0.378 e. The Hall–Kier alpha value is -1.76. The highest BCUT2D eigenvalue weighted by atomic mass is 35.5. The Kier molecular flexibility index (Phi) is 3.66. The minimum absolute atomic E-state index is 0.0185. The molecule has 1 aromatic heterocycles. The third-order valence-electron chi connectivity index (χ3n) is 2.56. The fourth-order valence-corrected chi connectivity index (χ4v) is 1.74. The summed E-state index contributed by atoms with van der Waals surface area (Å²) in [4.78, 5) is 0. The summed E-state index contributed by atoms with van der Waals surface area (Å²) in [6, 6.07) is 3.18. The van der Waals surface area contributed by atoms with Crippen LogP contribution in [0.25, 0.3) is 0 Å². The molecule has 0 amide bonds. The summed E-state index contributed by atoms with van der Waals surface area (Å²) in [6.07, 6.45) is -2.83. The van der Waals surface area contributed by atoms with Gasteiger partial charge in [0.25, 0.3) is 0 Å². The second-order valence-corrected chi connectivity index (χ2v) is 4.30. The van der Waals surface area contributed by atoms with E-state index < -0.39 is 11.7 Å². The summed E-state index contributed by atoms with van der Waals surface area (Å²) in [5.41, 5.74) is 0.442. The molecule has 102 valence electrons. The van der Waals surface area contributed by atoms with E-state index in [4.69, 9.17) is 11.6 Å². The maximum absolute atomic E-state index is 12.5. The number of rotatable bonds is 3. The van der Waals surface area contributed by atoms with Crippen molar-refractivity contribution >= 4 is 17.3 Å². The van der Waals surface area contributed by atoms with Gasteiger partial charge < -0.3 is 5.32 Å². The largest absolute Gasteiger partial charge is 0.416 e. The lowest BCUT2D eigenvalue weighted by atomic mass is 10.2. The number of anilines is 1. The molecule has 0 unspecified atom stereocenters. The van der Waals surface area contributed by atoms with E-state index in [-0.39, 0.29) is 5.02 Å². The van der Waals surface area contributed by atoms with Gasteiger partial charge >= 0.3 is 6.18 Å². The van der Waals surface area contributed by atoms with Crippen LogP contribution in [0.15, 0.2) is 24.4 Å². The van der Waals surface area contributed by atoms with Crippen LogP contribution < -0.4 is 5.32 Å². The summed E-state index contributed by atoms with van der Waals surface area (Å²) in [6.45, 7) is 0.370. The average Bonchev–Trinajstić information content (AvgIpc) is 2.72. The highest BCUT2D eigenvalue weighted by Crippen LogP contribution is 2.33. The normalized spacial score (nSPS) is 11.6. The number of benzene rings is 1. The SMILES string of the molecule is Cn1nncc1CNc1ccc(C(F)(F)F)cc1Cl. The van der Waals surface area contributed by atoms with Crippen molar-refractivity contribution in [2.24, 2.45) is 7.05 Å². The number of hydrogen-bond acceptors (Lipinski definition) is 3. The number of hydrogen-bond donors (Lipinski definition) is 1. The van der Waals surface area contributed by atoms with Crippen LogP contribution in [-0.4, -0.2) is 15.0 Å². The van der Waals surface area contributed by atoms with Crippen LogP contribution in [0, 0.1) is 0 Å². The standard InChI is InChI=1S/C11H10ClF3N4/c1-19-8(6-17-18-19)5-16-10-3-2-7(4-9(10)12)11(13,14)15/h2-4,6,16H,5H2,1H3. The molecule has 0 radical (unpaired) electrons. The van der Waals surface area contributed by atoms with Crippen molar-refractivity contribution in [3.05, 3.63) is 40.7 Å². The number of halogens is 4. The van der Waals surface area contributed by atoms with E-state index in [0.29, 0.717) is 12.2 Å². The van der Waals surface area contributed by atoms with Crippen molar-refractivity contribution in [3.63, 3.8) is 0 Å². The lowest BCUT2D eigenvalue weighted by Crippen LogP contribution is -2.08. The zero-order valence-corrected chi connectivity index (χ0v) is 10.6. The van der Waals surface area contributed by atoms with Gasteiger partial charge in [-0.3, -0.25) is 4.68 Å². The summed E-state index contributed by atoms with van der Waals surface area (Å²) < 4.78 is 38.9. The molecule has 19 heavy (non-hydrogen) atoms. The van der Waals surface area contributed by atoms with Crippen LogP contribution in [0.4, 0.5) is 18.9 Å². The van der Waals surface area contributed by atoms with Gasteiger partial charge in [0.2, 0.25) is 0 Å². The molecule has 1 N–H and O–H groups in total. The molecule has 0 aliphatic heterocycles. The highest BCUT2D eigenvalue weighted by Gasteiger charge is 2.30. The van der Waals surface area contributed by atoms with Gasteiger partial charge in [-0.05, 0) is 18.2 Å². The summed E-state index contributed by atoms with van der Waals surface area (Å²) >= 11 is 5.81. The Morgan fingerprint density at radius 3 is 2.63 bits per heavy atom. The summed E-state index contributed by atoms with van der Waals surface area (Å²) in [7, 11) is 1.72. The van der Waals surface area contributed by atoms with Crippen LogP contribution in [-0.2, 0) is 19.8 Å². The molecule has 8 heteroatoms. The first kappa shape index (κ1) is 13.7. The van der Waals surface area contributed by atoms with Crippen molar-refractivity contribution in [2.45, 2.75) is 12.7 Å². The van der Waals surface area contributed by atoms with Gasteiger partial charge in [0.15, 0.2) is 0 Å². The zero-order chi connectivity index (χ0) is 14.0. The first-order chi connectivity index (χ1) is 8.88. The second-order valence-electron chi connectivity index (χ2n) is 3.89. The van der Waals surface area contributed by atoms with Crippen LogP contribution in [0.3, 0.4) is 0 Å². The van der Waals surface area contributed by atoms with E-state index in [0.717, 1.165) is 17.8 Å². The molecule has 0 atom stereocenters. The number of nitrogens with zero attached hydrogens (tertiary/aromatic N) is 3. The molecule has 1 heterocycles. The Morgan fingerprint density at radius 1 is 1.37 bits per heavy atom. The van der Waals surface area contributed by atoms with E-state index in [2.05, 4.69) is 15.6 Å². The van der Waals surface area contributed by atoms with Gasteiger partial charge in [-0.1, -0.05) is 16.8 Å². The fourth-order valence-electron chi connectivity index (χ4n) is 1.49. The molecule has 0 spiro atoms. The van der Waals surface area contributed by atoms with Crippen molar-refractivity contribution < 1.29 is 13.2 Å². The lowest BCUT2D eigenvalue weighted by Gasteiger charge is -2.11. The van der Waals surface area contributed by atoms with Crippen LogP contribution in [0.5, 0.6) is 0 Å². The van der Waals surface area contributed by atoms with Gasteiger partial charge in [-0.25, -0.2) is 0 Å². The third-order valence-corrected chi connectivity index (χ3v) is 2.88. The molecule has 2 rings (SSSR count). The van der Waals surface area contributed by atoms with Crippen LogP contribution in [0.2, 0.25) is 5.02 Å². The van der Waals surface area contributed by atoms with Crippen LogP contribution in [0.1, 0.15) is 11.3 Å². The van der Waals surface area contributed by atoms with E-state index in [1.807, 2.05) is 0 Å². The molecular weight excluding hydrogens is 281 g/mol. The quantitative estimate of drug-likeness (QED) is 0.944. The van der Waals surface area contributed by atoms with Crippen molar-refractivity contribution in [2.75, 3.05) is 5.32 Å². The van der Waals surface area contributed by atoms with Crippen molar-refractivity contribution in [1.82, 2.24) is 15.0 Å². The average molecular weight is 291 g/mol. The van der Waals surface area contributed by atoms with E-state index in [1.165, 1.54) is 6.07 Å². The van der Waals surface area contributed by atoms with Gasteiger partial charge in [-0.2, -0.15) is 13.2 Å². The van der Waals surface area contributed by atoms with Gasteiger partial charge in [0.1, 0.15) is 0 Å². The minimum atomic E-state index is -4.39. The van der Waals surface area contributed by atoms with E-state index in [9.17, 15) is 13.2 Å². The Bertz CT molecular complexity index is 580. The Balaban J connectivity index is 2.12. The van der Waals surface area contributed by atoms with Gasteiger partial charge in [0.05, 0.1) is 34.7 Å². The molecule has 0 fully saturated rings. The van der Waals surface area contributed by atoms with Crippen molar-refractivity contribution in [3.8, 4) is 0 Å². The second kappa shape index (κ2) is 5.08. The molecule has 0 bridgehead atoms. The molecular formula is C11H10ClF3N4. The van der Waals surface area contributed by atoms with E-state index in [1.54, 1.807) is 17.9 Å². The first-order valence-corrected chi connectivity index (χ1v) is 5.70. The summed E-state index contributed by atoms with van der Waals surface area (Å²) in [5.74, 6) is 0. The predicted molar refractivity (Wildman–Crippen MR) is 64.8 cm³/mol. The lowest BCUT2D eigenvalue weighted by molar-refractivity contribution is -0.137. The minimum Gasteiger partial charge on any atom is -0.378 e. The highest BCUT2D eigenvalue weighted by molar-refractivity contribution is 6.33. The molecule has 2 aromatic rings.